The van der Waals surface area contributed by atoms with Crippen LogP contribution in [0.3, 0.4) is 0 Å². The molecule has 1 saturated heterocycles. The van der Waals surface area contributed by atoms with Crippen LogP contribution in [0, 0.1) is 0 Å². The Bertz CT molecular complexity index is 672. The molecule has 0 unspecified atom stereocenters. The summed E-state index contributed by atoms with van der Waals surface area (Å²) in [5.41, 5.74) is 0.672. The van der Waals surface area contributed by atoms with Crippen molar-refractivity contribution in [3.8, 4) is 5.75 Å². The largest absolute Gasteiger partial charge is 0.497 e. The Morgan fingerprint density at radius 2 is 2.25 bits per heavy atom. The minimum atomic E-state index is -0.355. The molecule has 128 valence electrons. The molecule has 0 radical (unpaired) electrons. The van der Waals surface area contributed by atoms with Crippen molar-refractivity contribution in [1.82, 2.24) is 9.36 Å². The molecule has 0 aliphatic carbocycles. The molecule has 1 atom stereocenters. The molecule has 2 amide bonds. The summed E-state index contributed by atoms with van der Waals surface area (Å²) in [5, 5.41) is 6.55. The Balaban J connectivity index is 1.47. The van der Waals surface area contributed by atoms with Gasteiger partial charge in [-0.15, -0.1) is 0 Å². The first kappa shape index (κ1) is 17.0. The Labute approximate surface area is 148 Å². The van der Waals surface area contributed by atoms with Gasteiger partial charge in [0.25, 0.3) is 0 Å². The smallest absolute Gasteiger partial charge is 0.325 e. The van der Waals surface area contributed by atoms with E-state index in [1.54, 1.807) is 43.1 Å². The molecule has 2 N–H and O–H groups in total. The molecular weight excluding hydrogens is 348 g/mol. The second-order valence-electron chi connectivity index (χ2n) is 5.14. The number of nitrogens with zero attached hydrogens (tertiary/aromatic N) is 2. The lowest BCUT2D eigenvalue weighted by Gasteiger charge is -2.06. The first-order valence-corrected chi connectivity index (χ1v) is 9.29. The molecule has 1 aliphatic heterocycles. The fourth-order valence-corrected chi connectivity index (χ4v) is 3.80. The van der Waals surface area contributed by atoms with Crippen molar-refractivity contribution in [2.75, 3.05) is 30.1 Å². The molecule has 0 spiro atoms. The first-order chi connectivity index (χ1) is 11.7. The summed E-state index contributed by atoms with van der Waals surface area (Å²) >= 11 is 2.71. The van der Waals surface area contributed by atoms with E-state index in [1.165, 1.54) is 0 Å². The minimum Gasteiger partial charge on any atom is -0.497 e. The van der Waals surface area contributed by atoms with Crippen LogP contribution in [-0.4, -0.2) is 41.0 Å². The molecule has 1 fully saturated rings. The number of methoxy groups -OCH3 is 1. The number of carbonyl (C=O) groups is 1. The summed E-state index contributed by atoms with van der Waals surface area (Å²) in [6, 6.07) is 6.73. The van der Waals surface area contributed by atoms with Crippen molar-refractivity contribution >= 4 is 40.1 Å². The molecule has 24 heavy (non-hydrogen) atoms. The molecule has 0 saturated carbocycles. The van der Waals surface area contributed by atoms with Gasteiger partial charge in [-0.1, -0.05) is 11.8 Å². The second-order valence-corrected chi connectivity index (χ2v) is 6.87. The lowest BCUT2D eigenvalue weighted by atomic mass is 10.3. The number of aromatic nitrogens is 2. The van der Waals surface area contributed by atoms with Crippen LogP contribution in [0.4, 0.5) is 15.6 Å². The van der Waals surface area contributed by atoms with Gasteiger partial charge in [0.2, 0.25) is 10.3 Å². The van der Waals surface area contributed by atoms with Crippen LogP contribution in [0.15, 0.2) is 29.4 Å². The molecule has 3 rings (SSSR count). The molecule has 9 heteroatoms. The third-order valence-corrected chi connectivity index (χ3v) is 5.12. The third-order valence-electron chi connectivity index (χ3n) is 3.40. The first-order valence-electron chi connectivity index (χ1n) is 7.53. The number of thioether (sulfide) groups is 1. The molecule has 7 nitrogen and oxygen atoms in total. The van der Waals surface area contributed by atoms with Gasteiger partial charge in [0.15, 0.2) is 0 Å². The SMILES string of the molecule is COc1ccc(NC(=O)Nc2nc(SC[C@@H]3CCCO3)ns2)cc1. The maximum atomic E-state index is 12.0. The highest BCUT2D eigenvalue weighted by Crippen LogP contribution is 2.24. The molecule has 0 bridgehead atoms. The van der Waals surface area contributed by atoms with Gasteiger partial charge in [-0.25, -0.2) is 4.79 Å². The van der Waals surface area contributed by atoms with Crippen LogP contribution >= 0.6 is 23.3 Å². The summed E-state index contributed by atoms with van der Waals surface area (Å²) in [4.78, 5) is 16.3. The van der Waals surface area contributed by atoms with Crippen molar-refractivity contribution in [2.45, 2.75) is 24.1 Å². The van der Waals surface area contributed by atoms with Gasteiger partial charge in [-0.2, -0.15) is 9.36 Å². The number of benzene rings is 1. The zero-order valence-corrected chi connectivity index (χ0v) is 14.8. The van der Waals surface area contributed by atoms with E-state index >= 15 is 0 Å². The summed E-state index contributed by atoms with van der Waals surface area (Å²) in [5.74, 6) is 1.58. The number of carbonyl (C=O) groups excluding carboxylic acids is 1. The number of anilines is 2. The van der Waals surface area contributed by atoms with Gasteiger partial charge < -0.3 is 14.8 Å². The summed E-state index contributed by atoms with van der Waals surface area (Å²) < 4.78 is 14.9. The Hall–Kier alpha value is -1.84. The lowest BCUT2D eigenvalue weighted by Crippen LogP contribution is -2.19. The third kappa shape index (κ3) is 4.83. The maximum absolute atomic E-state index is 12.0. The van der Waals surface area contributed by atoms with Gasteiger partial charge in [0, 0.05) is 29.6 Å². The second kappa shape index (κ2) is 8.32. The number of nitrogens with one attached hydrogen (secondary N) is 2. The van der Waals surface area contributed by atoms with E-state index in [1.807, 2.05) is 0 Å². The van der Waals surface area contributed by atoms with Gasteiger partial charge in [0.05, 0.1) is 13.2 Å². The van der Waals surface area contributed by atoms with Crippen LogP contribution in [0.1, 0.15) is 12.8 Å². The number of hydrogen-bond acceptors (Lipinski definition) is 7. The van der Waals surface area contributed by atoms with Crippen molar-refractivity contribution in [3.63, 3.8) is 0 Å². The summed E-state index contributed by atoms with van der Waals surface area (Å²) in [7, 11) is 1.60. The van der Waals surface area contributed by atoms with E-state index in [0.717, 1.165) is 42.5 Å². The predicted octanol–water partition coefficient (Wildman–Crippen LogP) is 3.46. The number of rotatable bonds is 6. The lowest BCUT2D eigenvalue weighted by molar-refractivity contribution is 0.129. The molecule has 2 heterocycles. The van der Waals surface area contributed by atoms with Crippen LogP contribution in [0.5, 0.6) is 5.75 Å². The minimum absolute atomic E-state index is 0.285. The van der Waals surface area contributed by atoms with E-state index in [2.05, 4.69) is 20.0 Å². The van der Waals surface area contributed by atoms with Gasteiger partial charge in [-0.05, 0) is 37.1 Å². The number of urea groups is 1. The normalized spacial score (nSPS) is 16.8. The topological polar surface area (TPSA) is 85.4 Å². The quantitative estimate of drug-likeness (QED) is 0.762. The van der Waals surface area contributed by atoms with E-state index in [4.69, 9.17) is 9.47 Å². The number of hydrogen-bond donors (Lipinski definition) is 2. The summed E-state index contributed by atoms with van der Waals surface area (Å²) in [6.45, 7) is 0.841. The molecular formula is C15H18N4O3S2. The molecule has 1 aliphatic rings. The van der Waals surface area contributed by atoms with Crippen molar-refractivity contribution < 1.29 is 14.3 Å². The highest BCUT2D eigenvalue weighted by atomic mass is 32.2. The Kier molecular flexibility index (Phi) is 5.89. The van der Waals surface area contributed by atoms with Crippen molar-refractivity contribution in [2.24, 2.45) is 0 Å². The van der Waals surface area contributed by atoms with Crippen molar-refractivity contribution in [3.05, 3.63) is 24.3 Å². The Morgan fingerprint density at radius 1 is 1.42 bits per heavy atom. The van der Waals surface area contributed by atoms with Crippen LogP contribution in [-0.2, 0) is 4.74 Å². The van der Waals surface area contributed by atoms with Crippen molar-refractivity contribution in [1.29, 1.82) is 0 Å². The zero-order chi connectivity index (χ0) is 16.8. The van der Waals surface area contributed by atoms with Crippen LogP contribution in [0.2, 0.25) is 0 Å². The fraction of sp³-hybridized carbons (Fsp3) is 0.400. The average Bonchev–Trinajstić information content (AvgIpc) is 3.25. The molecule has 1 aromatic heterocycles. The highest BCUT2D eigenvalue weighted by Gasteiger charge is 2.17. The van der Waals surface area contributed by atoms with E-state index < -0.39 is 0 Å². The van der Waals surface area contributed by atoms with Gasteiger partial charge >= 0.3 is 6.03 Å². The highest BCUT2D eigenvalue weighted by molar-refractivity contribution is 7.99. The molecule has 1 aromatic carbocycles. The Morgan fingerprint density at radius 3 is 2.96 bits per heavy atom. The predicted molar refractivity (Wildman–Crippen MR) is 95.2 cm³/mol. The number of amides is 2. The average molecular weight is 366 g/mol. The molecule has 2 aromatic rings. The van der Waals surface area contributed by atoms with Gasteiger partial charge in [-0.3, -0.25) is 5.32 Å². The van der Waals surface area contributed by atoms with E-state index in [0.29, 0.717) is 16.0 Å². The van der Waals surface area contributed by atoms with Crippen LogP contribution in [0.25, 0.3) is 0 Å². The fourth-order valence-electron chi connectivity index (χ4n) is 2.20. The van der Waals surface area contributed by atoms with E-state index in [9.17, 15) is 4.79 Å². The monoisotopic (exact) mass is 366 g/mol. The van der Waals surface area contributed by atoms with Crippen LogP contribution < -0.4 is 15.4 Å². The van der Waals surface area contributed by atoms with Gasteiger partial charge in [0.1, 0.15) is 5.75 Å². The standard InChI is InChI=1S/C15H18N4O3S2/c1-21-11-6-4-10(5-7-11)16-13(20)17-14-18-15(19-24-14)23-9-12-3-2-8-22-12/h4-7,12H,2-3,8-9H2,1H3,(H2,16,17,18,19,20)/t12-/m0/s1. The zero-order valence-electron chi connectivity index (χ0n) is 13.2. The number of ether oxygens (including phenoxy) is 2. The van der Waals surface area contributed by atoms with E-state index in [-0.39, 0.29) is 12.1 Å². The summed E-state index contributed by atoms with van der Waals surface area (Å²) in [6.07, 6.45) is 2.49. The maximum Gasteiger partial charge on any atom is 0.325 e.